The quantitative estimate of drug-likeness (QED) is 0.231. The average Bonchev–Trinajstić information content (AvgIpc) is 2.97. The van der Waals surface area contributed by atoms with E-state index in [4.69, 9.17) is 18.9 Å². The number of carboxylic acids is 1. The fourth-order valence-corrected chi connectivity index (χ4v) is 3.46. The van der Waals surface area contributed by atoms with Crippen LogP contribution in [-0.4, -0.2) is 90.0 Å². The molecule has 3 aliphatic rings. The fraction of sp³-hybridized carbons (Fsp3) is 0.750. The second kappa shape index (κ2) is 10.3. The standard InChI is InChI=1S/C12H17NO12S.2Na/c14-3-1-4(10(17)18)23-12(7(3)15)25-9-5-2-22-11(24-5)6(8(9)16)13-26(19,20)21;;/h1,3,5-9,11-16H,2H2,(H,17,18)(H,19,20,21);;/q;2*+1/p-2/t3-,5?,6+,7+,8+,9?,11?,12-;;/m0../s1. The molecule has 0 aliphatic carbocycles. The van der Waals surface area contributed by atoms with Gasteiger partial charge in [-0.2, -0.15) is 0 Å². The third kappa shape index (κ3) is 5.87. The molecule has 0 saturated carbocycles. The summed E-state index contributed by atoms with van der Waals surface area (Å²) in [6, 6.07) is -1.51. The Kier molecular flexibility index (Phi) is 9.81. The summed E-state index contributed by atoms with van der Waals surface area (Å²) in [5.74, 6) is -2.57. The van der Waals surface area contributed by atoms with E-state index in [1.54, 1.807) is 4.72 Å². The van der Waals surface area contributed by atoms with E-state index in [1.165, 1.54) is 0 Å². The zero-order valence-corrected chi connectivity index (χ0v) is 19.6. The van der Waals surface area contributed by atoms with Crippen molar-refractivity contribution >= 4 is 16.3 Å². The third-order valence-electron chi connectivity index (χ3n) is 4.06. The summed E-state index contributed by atoms with van der Waals surface area (Å²) in [5, 5.41) is 40.8. The number of aliphatic hydroxyl groups is 3. The number of rotatable bonds is 5. The molecule has 13 nitrogen and oxygen atoms in total. The van der Waals surface area contributed by atoms with Crippen LogP contribution in [0.1, 0.15) is 0 Å². The van der Waals surface area contributed by atoms with Crippen LogP contribution in [0.3, 0.4) is 0 Å². The first kappa shape index (κ1) is 26.7. The minimum absolute atomic E-state index is 0. The Labute approximate surface area is 203 Å². The van der Waals surface area contributed by atoms with Gasteiger partial charge in [0.15, 0.2) is 16.6 Å². The molecule has 2 saturated heterocycles. The monoisotopic (exact) mass is 443 g/mol. The van der Waals surface area contributed by atoms with Gasteiger partial charge in [-0.15, -0.1) is 0 Å². The smallest absolute Gasteiger partial charge is 0.735 e. The van der Waals surface area contributed by atoms with Crippen molar-refractivity contribution in [1.82, 2.24) is 4.72 Å². The van der Waals surface area contributed by atoms with E-state index in [1.807, 2.05) is 0 Å². The summed E-state index contributed by atoms with van der Waals surface area (Å²) in [4.78, 5) is 10.9. The topological polar surface area (TPSA) is 207 Å². The normalized spacial score (nSPS) is 39.8. The van der Waals surface area contributed by atoms with Crippen molar-refractivity contribution in [2.45, 2.75) is 49.1 Å². The number of carbonyl (C=O) groups excluding carboxylic acids is 1. The van der Waals surface area contributed by atoms with Crippen molar-refractivity contribution in [3.05, 3.63) is 11.8 Å². The van der Waals surface area contributed by atoms with Crippen LogP contribution >= 0.6 is 0 Å². The first-order valence-electron chi connectivity index (χ1n) is 7.36. The van der Waals surface area contributed by atoms with Crippen LogP contribution < -0.4 is 68.9 Å². The van der Waals surface area contributed by atoms with Crippen molar-refractivity contribution in [1.29, 1.82) is 0 Å². The van der Waals surface area contributed by atoms with E-state index in [0.29, 0.717) is 6.08 Å². The van der Waals surface area contributed by atoms with Gasteiger partial charge >= 0.3 is 59.1 Å². The maximum absolute atomic E-state index is 10.9. The van der Waals surface area contributed by atoms with Crippen LogP contribution in [0.15, 0.2) is 11.8 Å². The number of hydrogen-bond acceptors (Lipinski definition) is 12. The number of hydrogen-bond donors (Lipinski definition) is 4. The maximum atomic E-state index is 10.9. The number of carboxylic acid groups (broad SMARTS) is 1. The van der Waals surface area contributed by atoms with Crippen LogP contribution in [0.2, 0.25) is 0 Å². The largest absolute Gasteiger partial charge is 1.00 e. The Morgan fingerprint density at radius 3 is 2.46 bits per heavy atom. The Bertz CT molecular complexity index is 705. The van der Waals surface area contributed by atoms with Gasteiger partial charge < -0.3 is 48.7 Å². The summed E-state index contributed by atoms with van der Waals surface area (Å²) in [7, 11) is -4.97. The van der Waals surface area contributed by atoms with Crippen LogP contribution in [-0.2, 0) is 34.0 Å². The first-order chi connectivity index (χ1) is 12.1. The van der Waals surface area contributed by atoms with Gasteiger partial charge in [-0.1, -0.05) is 0 Å². The van der Waals surface area contributed by atoms with Crippen molar-refractivity contribution in [3.8, 4) is 0 Å². The van der Waals surface area contributed by atoms with E-state index in [-0.39, 0.29) is 65.7 Å². The van der Waals surface area contributed by atoms with E-state index in [0.717, 1.165) is 0 Å². The van der Waals surface area contributed by atoms with Gasteiger partial charge in [0, 0.05) is 0 Å². The van der Waals surface area contributed by atoms with Crippen LogP contribution in [0.5, 0.6) is 0 Å². The summed E-state index contributed by atoms with van der Waals surface area (Å²) in [6.07, 6.45) is -9.61. The zero-order valence-electron chi connectivity index (χ0n) is 14.8. The van der Waals surface area contributed by atoms with Gasteiger partial charge in [0.05, 0.1) is 6.61 Å². The zero-order chi connectivity index (χ0) is 19.2. The minimum atomic E-state index is -4.97. The van der Waals surface area contributed by atoms with E-state index in [9.17, 15) is 38.2 Å². The predicted molar refractivity (Wildman–Crippen MR) is 72.1 cm³/mol. The number of fused-ring (bicyclic) bond motifs is 2. The molecule has 16 heteroatoms. The molecular weight excluding hydrogens is 428 g/mol. The number of aliphatic carboxylic acids is 1. The summed E-state index contributed by atoms with van der Waals surface area (Å²) in [5.41, 5.74) is 0. The molecule has 0 aromatic rings. The third-order valence-corrected chi connectivity index (χ3v) is 4.63. The van der Waals surface area contributed by atoms with Crippen molar-refractivity contribution in [2.75, 3.05) is 6.61 Å². The summed E-state index contributed by atoms with van der Waals surface area (Å²) >= 11 is 0. The van der Waals surface area contributed by atoms with Gasteiger partial charge in [-0.05, 0) is 6.08 Å². The fourth-order valence-electron chi connectivity index (χ4n) is 2.87. The number of nitrogens with one attached hydrogen (secondary N) is 1. The Balaban J connectivity index is 0.00000196. The Hall–Kier alpha value is 0.640. The Morgan fingerprint density at radius 2 is 1.89 bits per heavy atom. The van der Waals surface area contributed by atoms with E-state index < -0.39 is 71.2 Å². The number of aliphatic hydroxyl groups excluding tert-OH is 3. The number of carbonyl (C=O) groups is 1. The molecule has 28 heavy (non-hydrogen) atoms. The van der Waals surface area contributed by atoms with E-state index in [2.05, 4.69) is 0 Å². The second-order valence-corrected chi connectivity index (χ2v) is 7.00. The average molecular weight is 443 g/mol. The maximum Gasteiger partial charge on any atom is 1.00 e. The summed E-state index contributed by atoms with van der Waals surface area (Å²) in [6.45, 7) is -0.141. The molecule has 148 valence electrons. The van der Waals surface area contributed by atoms with Crippen molar-refractivity contribution in [3.63, 3.8) is 0 Å². The molecule has 2 fully saturated rings. The Morgan fingerprint density at radius 1 is 1.25 bits per heavy atom. The van der Waals surface area contributed by atoms with Gasteiger partial charge in [0.25, 0.3) is 0 Å². The van der Waals surface area contributed by atoms with Crippen LogP contribution in [0, 0.1) is 0 Å². The van der Waals surface area contributed by atoms with Gasteiger partial charge in [-0.3, -0.25) is 0 Å². The molecule has 3 aliphatic heterocycles. The van der Waals surface area contributed by atoms with Crippen molar-refractivity contribution < 1.29 is 116 Å². The molecule has 4 N–H and O–H groups in total. The molecule has 8 atom stereocenters. The number of ether oxygens (including phenoxy) is 4. The summed E-state index contributed by atoms with van der Waals surface area (Å²) < 4.78 is 55.0. The van der Waals surface area contributed by atoms with Gasteiger partial charge in [-0.25, -0.2) is 13.1 Å². The molecule has 2 bridgehead atoms. The SMILES string of the molecule is O=C([O-])C1=C[C@H](O)[C@@H](O)[C@H](OC2C3COC(O3)[C@H](NS(=O)(=O)[O-])[C@H]2O)O1.[Na+].[Na+]. The van der Waals surface area contributed by atoms with E-state index >= 15 is 0 Å². The van der Waals surface area contributed by atoms with Gasteiger partial charge in [0.2, 0.25) is 6.29 Å². The first-order valence-corrected chi connectivity index (χ1v) is 8.77. The molecule has 3 heterocycles. The second-order valence-electron chi connectivity index (χ2n) is 5.85. The molecule has 3 unspecified atom stereocenters. The molecular formula is C12H15NNa2O12S. The molecule has 0 spiro atoms. The molecule has 0 aromatic heterocycles. The minimum Gasteiger partial charge on any atom is -0.735 e. The molecule has 0 aromatic carbocycles. The predicted octanol–water partition coefficient (Wildman–Crippen LogP) is -11.4. The molecule has 0 amide bonds. The van der Waals surface area contributed by atoms with Crippen LogP contribution in [0.4, 0.5) is 0 Å². The van der Waals surface area contributed by atoms with Crippen molar-refractivity contribution in [2.24, 2.45) is 0 Å². The van der Waals surface area contributed by atoms with Gasteiger partial charge in [0.1, 0.15) is 48.3 Å². The molecule has 0 radical (unpaired) electrons. The molecule has 3 rings (SSSR count). The van der Waals surface area contributed by atoms with Crippen LogP contribution in [0.25, 0.3) is 0 Å².